The molecule has 0 spiro atoms. The quantitative estimate of drug-likeness (QED) is 0.176. The first kappa shape index (κ1) is 31.9. The molecule has 12 rings (SSSR count). The summed E-state index contributed by atoms with van der Waals surface area (Å²) in [6, 6.07) is 63.8. The molecule has 0 atom stereocenters. The number of para-hydroxylation sites is 2. The first-order chi connectivity index (χ1) is 28.2. The second-order valence-electron chi connectivity index (χ2n) is 14.4. The van der Waals surface area contributed by atoms with Crippen LogP contribution >= 0.6 is 11.3 Å². The number of hydrogen-bond acceptors (Lipinski definition) is 5. The summed E-state index contributed by atoms with van der Waals surface area (Å²) >= 11 is 1.85. The third kappa shape index (κ3) is 5.04. The molecule has 0 saturated carbocycles. The van der Waals surface area contributed by atoms with Gasteiger partial charge in [-0.15, -0.1) is 11.3 Å². The highest BCUT2D eigenvalue weighted by molar-refractivity contribution is 7.26. The van der Waals surface area contributed by atoms with E-state index in [2.05, 4.69) is 144 Å². The van der Waals surface area contributed by atoms with E-state index >= 15 is 0 Å². The van der Waals surface area contributed by atoms with Crippen LogP contribution in [0.25, 0.3) is 115 Å². The maximum Gasteiger partial charge on any atom is 0.238 e. The highest BCUT2D eigenvalue weighted by Crippen LogP contribution is 2.43. The number of nitrogens with zero attached hydrogens (tertiary/aromatic N) is 4. The van der Waals surface area contributed by atoms with E-state index in [1.807, 2.05) is 53.8 Å². The summed E-state index contributed by atoms with van der Waals surface area (Å²) in [6.45, 7) is 0. The SMILES string of the molecule is c1ccc(-c2nc(-c3ccc(-c4ccc5c(c4)sc4cccc(-c6ccccc6)c45)cc3)nc(-n3c4ccccc4c4ccc5c6ccccc6oc5c43)n2)cc1. The Hall–Kier alpha value is -7.41. The molecule has 12 aromatic rings. The first-order valence-corrected chi connectivity index (χ1v) is 19.8. The predicted octanol–water partition coefficient (Wildman–Crippen LogP) is 13.9. The molecule has 0 saturated heterocycles. The molecule has 0 amide bonds. The smallest absolute Gasteiger partial charge is 0.238 e. The van der Waals surface area contributed by atoms with Crippen LogP contribution in [0, 0.1) is 0 Å². The minimum absolute atomic E-state index is 0.534. The Morgan fingerprint density at radius 3 is 1.86 bits per heavy atom. The van der Waals surface area contributed by atoms with E-state index in [0.717, 1.165) is 60.4 Å². The summed E-state index contributed by atoms with van der Waals surface area (Å²) < 4.78 is 11.3. The zero-order valence-electron chi connectivity index (χ0n) is 30.4. The second-order valence-corrected chi connectivity index (χ2v) is 15.5. The van der Waals surface area contributed by atoms with Crippen molar-refractivity contribution in [3.8, 4) is 51.0 Å². The Morgan fingerprint density at radius 2 is 1.05 bits per heavy atom. The average molecular weight is 747 g/mol. The summed E-state index contributed by atoms with van der Waals surface area (Å²) in [4.78, 5) is 15.5. The van der Waals surface area contributed by atoms with Crippen LogP contribution in [0.4, 0.5) is 0 Å². The van der Waals surface area contributed by atoms with Crippen LogP contribution in [0.3, 0.4) is 0 Å². The molecule has 8 aromatic carbocycles. The van der Waals surface area contributed by atoms with Crippen LogP contribution in [-0.4, -0.2) is 19.5 Å². The predicted molar refractivity (Wildman–Crippen MR) is 236 cm³/mol. The summed E-state index contributed by atoms with van der Waals surface area (Å²) in [7, 11) is 0. The Balaban J connectivity index is 1.01. The van der Waals surface area contributed by atoms with Crippen molar-refractivity contribution in [2.75, 3.05) is 0 Å². The average Bonchev–Trinajstić information content (AvgIpc) is 3.96. The van der Waals surface area contributed by atoms with Crippen LogP contribution in [0.5, 0.6) is 0 Å². The van der Waals surface area contributed by atoms with Gasteiger partial charge < -0.3 is 4.42 Å². The van der Waals surface area contributed by atoms with Crippen LogP contribution in [0.1, 0.15) is 0 Å². The molecule has 0 fully saturated rings. The minimum Gasteiger partial charge on any atom is -0.454 e. The molecule has 0 unspecified atom stereocenters. The topological polar surface area (TPSA) is 56.7 Å². The Kier molecular flexibility index (Phi) is 7.03. The standard InChI is InChI=1S/C51H30N4OS/c1-3-12-32(13-4-1)36-18-11-21-44-46(36)41-27-26-35(30-45(41)57-44)31-22-24-34(25-23-31)50-52-49(33-14-5-2-6-15-33)53-51(54-50)55-42-19-9-7-16-37(42)39-28-29-40-38-17-8-10-20-43(38)56-48(40)47(39)55/h1-30H. The number of benzene rings is 8. The molecule has 0 aliphatic carbocycles. The fraction of sp³-hybridized carbons (Fsp3) is 0. The van der Waals surface area contributed by atoms with Crippen molar-refractivity contribution in [2.24, 2.45) is 0 Å². The first-order valence-electron chi connectivity index (χ1n) is 19.0. The van der Waals surface area contributed by atoms with Crippen LogP contribution < -0.4 is 0 Å². The Morgan fingerprint density at radius 1 is 0.421 bits per heavy atom. The number of fused-ring (bicyclic) bond motifs is 10. The summed E-state index contributed by atoms with van der Waals surface area (Å²) in [5, 5.41) is 6.92. The van der Waals surface area contributed by atoms with Crippen molar-refractivity contribution in [2.45, 2.75) is 0 Å². The zero-order chi connectivity index (χ0) is 37.5. The Bertz CT molecular complexity index is 3510. The molecule has 4 aromatic heterocycles. The molecule has 0 aliphatic heterocycles. The molecule has 0 radical (unpaired) electrons. The van der Waals surface area contributed by atoms with Gasteiger partial charge in [0.25, 0.3) is 0 Å². The highest BCUT2D eigenvalue weighted by atomic mass is 32.1. The van der Waals surface area contributed by atoms with Gasteiger partial charge in [0.15, 0.2) is 17.2 Å². The molecule has 0 bridgehead atoms. The number of rotatable bonds is 5. The van der Waals surface area contributed by atoms with Gasteiger partial charge in [0.2, 0.25) is 5.95 Å². The normalized spacial score (nSPS) is 11.9. The second kappa shape index (κ2) is 12.6. The van der Waals surface area contributed by atoms with Gasteiger partial charge in [-0.25, -0.2) is 4.98 Å². The van der Waals surface area contributed by atoms with Crippen molar-refractivity contribution >= 4 is 75.3 Å². The molecule has 4 heterocycles. The fourth-order valence-corrected chi connectivity index (χ4v) is 9.60. The van der Waals surface area contributed by atoms with Crippen LogP contribution in [0.2, 0.25) is 0 Å². The van der Waals surface area contributed by atoms with Gasteiger partial charge in [-0.1, -0.05) is 152 Å². The van der Waals surface area contributed by atoms with E-state index < -0.39 is 0 Å². The lowest BCUT2D eigenvalue weighted by molar-refractivity contribution is 0.670. The van der Waals surface area contributed by atoms with E-state index in [1.54, 1.807) is 0 Å². The largest absolute Gasteiger partial charge is 0.454 e. The number of aromatic nitrogens is 4. The van der Waals surface area contributed by atoms with Gasteiger partial charge in [-0.3, -0.25) is 4.57 Å². The van der Waals surface area contributed by atoms with Gasteiger partial charge in [-0.2, -0.15) is 9.97 Å². The molecular formula is C51H30N4OS. The lowest BCUT2D eigenvalue weighted by atomic mass is 9.98. The van der Waals surface area contributed by atoms with Gasteiger partial charge in [0, 0.05) is 52.8 Å². The van der Waals surface area contributed by atoms with Gasteiger partial charge in [0.1, 0.15) is 11.1 Å². The van der Waals surface area contributed by atoms with Crippen LogP contribution in [-0.2, 0) is 0 Å². The van der Waals surface area contributed by atoms with E-state index in [1.165, 1.54) is 36.9 Å². The minimum atomic E-state index is 0.534. The number of thiophene rings is 1. The van der Waals surface area contributed by atoms with Crippen molar-refractivity contribution in [1.82, 2.24) is 19.5 Å². The molecule has 0 aliphatic rings. The van der Waals surface area contributed by atoms with E-state index in [-0.39, 0.29) is 0 Å². The maximum absolute atomic E-state index is 6.62. The van der Waals surface area contributed by atoms with Crippen molar-refractivity contribution in [3.05, 3.63) is 182 Å². The fourth-order valence-electron chi connectivity index (χ4n) is 8.42. The van der Waals surface area contributed by atoms with Gasteiger partial charge in [-0.05, 0) is 52.6 Å². The lowest BCUT2D eigenvalue weighted by Crippen LogP contribution is -2.06. The molecule has 0 N–H and O–H groups in total. The summed E-state index contributed by atoms with van der Waals surface area (Å²) in [5.74, 6) is 1.74. The molecule has 5 nitrogen and oxygen atoms in total. The van der Waals surface area contributed by atoms with Crippen molar-refractivity contribution < 1.29 is 4.42 Å². The maximum atomic E-state index is 6.62. The lowest BCUT2D eigenvalue weighted by Gasteiger charge is -2.11. The van der Waals surface area contributed by atoms with Crippen molar-refractivity contribution in [1.29, 1.82) is 0 Å². The van der Waals surface area contributed by atoms with Crippen LogP contribution in [0.15, 0.2) is 186 Å². The van der Waals surface area contributed by atoms with Gasteiger partial charge >= 0.3 is 0 Å². The summed E-state index contributed by atoms with van der Waals surface area (Å²) in [5.41, 5.74) is 10.2. The van der Waals surface area contributed by atoms with Gasteiger partial charge in [0.05, 0.1) is 5.52 Å². The monoisotopic (exact) mass is 746 g/mol. The molecule has 57 heavy (non-hydrogen) atoms. The highest BCUT2D eigenvalue weighted by Gasteiger charge is 2.22. The zero-order valence-corrected chi connectivity index (χ0v) is 31.2. The van der Waals surface area contributed by atoms with E-state index in [0.29, 0.717) is 17.6 Å². The van der Waals surface area contributed by atoms with E-state index in [4.69, 9.17) is 19.4 Å². The van der Waals surface area contributed by atoms with E-state index in [9.17, 15) is 0 Å². The molecule has 6 heteroatoms. The molecular weight excluding hydrogens is 717 g/mol. The number of furan rings is 1. The molecule has 266 valence electrons. The summed E-state index contributed by atoms with van der Waals surface area (Å²) in [6.07, 6.45) is 0. The Labute approximate surface area is 330 Å². The third-order valence-corrected chi connectivity index (χ3v) is 12.2. The van der Waals surface area contributed by atoms with Crippen molar-refractivity contribution in [3.63, 3.8) is 0 Å². The number of hydrogen-bond donors (Lipinski definition) is 0. The third-order valence-electron chi connectivity index (χ3n) is 11.1.